The molecule has 0 spiro atoms. The van der Waals surface area contributed by atoms with E-state index >= 15 is 0 Å². The third-order valence-corrected chi connectivity index (χ3v) is 6.66. The van der Waals surface area contributed by atoms with E-state index in [1.165, 1.54) is 11.8 Å². The van der Waals surface area contributed by atoms with Crippen molar-refractivity contribution in [2.75, 3.05) is 18.1 Å². The molecule has 0 N–H and O–H groups in total. The molecule has 0 radical (unpaired) electrons. The normalized spacial score (nSPS) is 14.6. The zero-order valence-corrected chi connectivity index (χ0v) is 22.0. The summed E-state index contributed by atoms with van der Waals surface area (Å²) in [7, 11) is 0. The number of halogens is 1. The molecule has 0 aliphatic carbocycles. The second-order valence-corrected chi connectivity index (χ2v) is 9.42. The highest BCUT2D eigenvalue weighted by Crippen LogP contribution is 2.43. The van der Waals surface area contributed by atoms with Crippen molar-refractivity contribution < 1.29 is 23.5 Å². The number of ether oxygens (including phenoxy) is 2. The summed E-state index contributed by atoms with van der Waals surface area (Å²) in [4.78, 5) is 41.0. The first-order chi connectivity index (χ1) is 18.3. The van der Waals surface area contributed by atoms with Crippen LogP contribution in [0.1, 0.15) is 65.3 Å². The first kappa shape index (κ1) is 25.5. The Morgan fingerprint density at radius 2 is 1.74 bits per heavy atom. The van der Waals surface area contributed by atoms with Gasteiger partial charge in [0.1, 0.15) is 5.58 Å². The summed E-state index contributed by atoms with van der Waals surface area (Å²) >= 11 is 6.19. The van der Waals surface area contributed by atoms with E-state index in [4.69, 9.17) is 25.5 Å². The highest BCUT2D eigenvalue weighted by Gasteiger charge is 2.44. The van der Waals surface area contributed by atoms with Crippen molar-refractivity contribution in [2.45, 2.75) is 33.2 Å². The van der Waals surface area contributed by atoms with Crippen molar-refractivity contribution in [2.24, 2.45) is 0 Å². The first-order valence-electron chi connectivity index (χ1n) is 12.4. The van der Waals surface area contributed by atoms with Crippen molar-refractivity contribution in [3.63, 3.8) is 0 Å². The number of benzene rings is 3. The topological polar surface area (TPSA) is 86.0 Å². The Morgan fingerprint density at radius 1 is 0.974 bits per heavy atom. The van der Waals surface area contributed by atoms with Crippen molar-refractivity contribution >= 4 is 39.9 Å². The predicted octanol–water partition coefficient (Wildman–Crippen LogP) is 6.59. The summed E-state index contributed by atoms with van der Waals surface area (Å²) in [6, 6.07) is 16.0. The molecular formula is C30H26ClNO6. The summed E-state index contributed by atoms with van der Waals surface area (Å²) in [5, 5.41) is 0.675. The zero-order chi connectivity index (χ0) is 27.0. The first-order valence-corrected chi connectivity index (χ1v) is 12.8. The highest BCUT2D eigenvalue weighted by atomic mass is 35.5. The van der Waals surface area contributed by atoms with Gasteiger partial charge in [-0.1, -0.05) is 24.6 Å². The van der Waals surface area contributed by atoms with Gasteiger partial charge in [-0.2, -0.15) is 0 Å². The molecule has 0 saturated carbocycles. The lowest BCUT2D eigenvalue weighted by Gasteiger charge is -2.26. The number of amides is 1. The molecule has 1 unspecified atom stereocenters. The van der Waals surface area contributed by atoms with Crippen LogP contribution in [-0.2, 0) is 0 Å². The van der Waals surface area contributed by atoms with E-state index in [0.717, 1.165) is 6.42 Å². The minimum Gasteiger partial charge on any atom is -0.490 e. The van der Waals surface area contributed by atoms with Crippen LogP contribution >= 0.6 is 11.6 Å². The number of carbonyl (C=O) groups is 2. The van der Waals surface area contributed by atoms with Crippen LogP contribution in [-0.4, -0.2) is 24.9 Å². The van der Waals surface area contributed by atoms with Gasteiger partial charge >= 0.3 is 0 Å². The van der Waals surface area contributed by atoms with Gasteiger partial charge in [-0.15, -0.1) is 0 Å². The molecule has 8 heteroatoms. The van der Waals surface area contributed by atoms with Gasteiger partial charge in [-0.25, -0.2) is 0 Å². The Kier molecular flexibility index (Phi) is 6.95. The number of rotatable bonds is 8. The van der Waals surface area contributed by atoms with Gasteiger partial charge in [0, 0.05) is 16.3 Å². The summed E-state index contributed by atoms with van der Waals surface area (Å²) in [5.74, 6) is 0.512. The van der Waals surface area contributed by atoms with Crippen LogP contribution in [0.4, 0.5) is 5.69 Å². The number of ketones is 1. The molecule has 0 fully saturated rings. The van der Waals surface area contributed by atoms with Gasteiger partial charge in [-0.05, 0) is 80.4 Å². The molecule has 38 heavy (non-hydrogen) atoms. The molecule has 7 nitrogen and oxygen atoms in total. The van der Waals surface area contributed by atoms with Crippen LogP contribution in [0.2, 0.25) is 5.02 Å². The Bertz CT molecular complexity index is 1610. The van der Waals surface area contributed by atoms with Crippen molar-refractivity contribution in [1.29, 1.82) is 0 Å². The molecular weight excluding hydrogens is 506 g/mol. The Labute approximate surface area is 224 Å². The number of nitrogens with zero attached hydrogens (tertiary/aromatic N) is 1. The predicted molar refractivity (Wildman–Crippen MR) is 146 cm³/mol. The molecule has 1 aliphatic rings. The fourth-order valence-corrected chi connectivity index (χ4v) is 4.85. The second-order valence-electron chi connectivity index (χ2n) is 8.98. The molecule has 194 valence electrons. The Balaban J connectivity index is 1.74. The van der Waals surface area contributed by atoms with Crippen LogP contribution in [0.15, 0.2) is 69.9 Å². The minimum atomic E-state index is -0.806. The fraction of sp³-hybridized carbons (Fsp3) is 0.233. The maximum atomic E-state index is 13.8. The highest BCUT2D eigenvalue weighted by molar-refractivity contribution is 6.31. The summed E-state index contributed by atoms with van der Waals surface area (Å²) in [6.07, 6.45) is 0.832. The summed E-state index contributed by atoms with van der Waals surface area (Å²) in [5.41, 5.74) is 1.83. The molecule has 2 heterocycles. The smallest absolute Gasteiger partial charge is 0.295 e. The van der Waals surface area contributed by atoms with Gasteiger partial charge in [-0.3, -0.25) is 19.3 Å². The summed E-state index contributed by atoms with van der Waals surface area (Å²) in [6.45, 7) is 6.30. The third kappa shape index (κ3) is 4.43. The lowest BCUT2D eigenvalue weighted by molar-refractivity contribution is 0.0970. The van der Waals surface area contributed by atoms with E-state index in [9.17, 15) is 14.4 Å². The minimum absolute atomic E-state index is 0.0327. The molecule has 4 aromatic rings. The van der Waals surface area contributed by atoms with E-state index in [1.807, 2.05) is 19.9 Å². The van der Waals surface area contributed by atoms with Gasteiger partial charge in [0.25, 0.3) is 5.91 Å². The molecule has 1 aromatic heterocycles. The van der Waals surface area contributed by atoms with E-state index in [0.29, 0.717) is 46.5 Å². The number of Topliss-reactive ketones (excluding diaryl/α,β-unsaturated/α-hetero) is 1. The number of hydrogen-bond acceptors (Lipinski definition) is 6. The van der Waals surface area contributed by atoms with Crippen molar-refractivity contribution in [1.82, 2.24) is 0 Å². The quantitative estimate of drug-likeness (QED) is 0.238. The maximum Gasteiger partial charge on any atom is 0.295 e. The van der Waals surface area contributed by atoms with E-state index < -0.39 is 11.9 Å². The molecule has 5 rings (SSSR count). The number of hydrogen-bond donors (Lipinski definition) is 0. The van der Waals surface area contributed by atoms with Gasteiger partial charge in [0.05, 0.1) is 30.2 Å². The Hall–Kier alpha value is -4.10. The molecule has 0 saturated heterocycles. The van der Waals surface area contributed by atoms with Crippen molar-refractivity contribution in [3.8, 4) is 11.5 Å². The maximum absolute atomic E-state index is 13.8. The molecule has 1 atom stereocenters. The molecule has 0 bridgehead atoms. The SMILES string of the molecule is CCCOc1ccc(C2c3c(oc4ccc(Cl)cc4c3=O)C(=O)N2c2ccc(C(C)=O)cc2)cc1OCC. The number of fused-ring (bicyclic) bond motifs is 2. The molecule has 1 aliphatic heterocycles. The largest absolute Gasteiger partial charge is 0.490 e. The molecule has 1 amide bonds. The number of anilines is 1. The van der Waals surface area contributed by atoms with E-state index in [2.05, 4.69) is 0 Å². The average molecular weight is 532 g/mol. The third-order valence-electron chi connectivity index (χ3n) is 6.43. The van der Waals surface area contributed by atoms with Crippen LogP contribution in [0, 0.1) is 0 Å². The van der Waals surface area contributed by atoms with Crippen LogP contribution < -0.4 is 19.8 Å². The van der Waals surface area contributed by atoms with Gasteiger partial charge < -0.3 is 13.9 Å². The zero-order valence-electron chi connectivity index (χ0n) is 21.2. The second kappa shape index (κ2) is 10.3. The van der Waals surface area contributed by atoms with Crippen LogP contribution in [0.25, 0.3) is 11.0 Å². The number of carbonyl (C=O) groups excluding carboxylic acids is 2. The lowest BCUT2D eigenvalue weighted by Crippen LogP contribution is -2.29. The standard InChI is InChI=1S/C30H26ClNO6/c1-4-14-37-24-12-8-19(15-25(24)36-5-2)27-26-28(34)22-16-20(31)9-13-23(22)38-29(26)30(35)32(27)21-10-6-18(7-11-21)17(3)33/h6-13,15-16,27H,4-5,14H2,1-3H3. The average Bonchev–Trinajstić information content (AvgIpc) is 3.21. The van der Waals surface area contributed by atoms with Crippen LogP contribution in [0.5, 0.6) is 11.5 Å². The molecule has 3 aromatic carbocycles. The van der Waals surface area contributed by atoms with E-state index in [-0.39, 0.29) is 33.5 Å². The van der Waals surface area contributed by atoms with Crippen molar-refractivity contribution in [3.05, 3.63) is 98.4 Å². The lowest BCUT2D eigenvalue weighted by atomic mass is 9.97. The van der Waals surface area contributed by atoms with Crippen LogP contribution in [0.3, 0.4) is 0 Å². The summed E-state index contributed by atoms with van der Waals surface area (Å²) < 4.78 is 17.7. The monoisotopic (exact) mass is 531 g/mol. The van der Waals surface area contributed by atoms with E-state index in [1.54, 1.807) is 54.6 Å². The fourth-order valence-electron chi connectivity index (χ4n) is 4.68. The van der Waals surface area contributed by atoms with Gasteiger partial charge in [0.15, 0.2) is 22.7 Å². The van der Waals surface area contributed by atoms with Gasteiger partial charge in [0.2, 0.25) is 5.76 Å². The Morgan fingerprint density at radius 3 is 2.42 bits per heavy atom.